The van der Waals surface area contributed by atoms with Crippen LogP contribution in [-0.4, -0.2) is 27.3 Å². The maximum Gasteiger partial charge on any atom is 0.336 e. The van der Waals surface area contributed by atoms with Crippen molar-refractivity contribution in [1.29, 1.82) is 0 Å². The third kappa shape index (κ3) is 3.69. The molecule has 2 aromatic rings. The van der Waals surface area contributed by atoms with Gasteiger partial charge in [0.15, 0.2) is 5.82 Å². The number of hydrogen-bond donors (Lipinski definition) is 0. The summed E-state index contributed by atoms with van der Waals surface area (Å²) < 4.78 is 20.6. The van der Waals surface area contributed by atoms with E-state index in [2.05, 4.69) is 10.1 Å². The van der Waals surface area contributed by atoms with E-state index >= 15 is 0 Å². The first-order valence-electron chi connectivity index (χ1n) is 7.55. The molecule has 5 nitrogen and oxygen atoms in total. The highest BCUT2D eigenvalue weighted by molar-refractivity contribution is 5.82. The third-order valence-corrected chi connectivity index (χ3v) is 3.13. The van der Waals surface area contributed by atoms with Gasteiger partial charge in [-0.15, -0.1) is 5.10 Å². The number of hydrogen-bond acceptors (Lipinski definition) is 4. The van der Waals surface area contributed by atoms with Gasteiger partial charge in [-0.1, -0.05) is 32.4 Å². The molecule has 1 aromatic carbocycles. The number of nitrogens with zero attached hydrogens (tertiary/aromatic N) is 3. The van der Waals surface area contributed by atoms with Gasteiger partial charge in [0.1, 0.15) is 5.82 Å². The molecule has 0 fully saturated rings. The summed E-state index contributed by atoms with van der Waals surface area (Å²) in [6, 6.07) is 6.29. The largest absolute Gasteiger partial charge is 0.462 e. The Morgan fingerprint density at radius 3 is 2.73 bits per heavy atom. The van der Waals surface area contributed by atoms with Gasteiger partial charge in [-0.05, 0) is 25.0 Å². The molecular formula is C16H20FN3O2. The van der Waals surface area contributed by atoms with Crippen LogP contribution in [0.5, 0.6) is 6.01 Å². The molecular weight excluding hydrogens is 285 g/mol. The first-order valence-corrected chi connectivity index (χ1v) is 7.55. The summed E-state index contributed by atoms with van der Waals surface area (Å²) >= 11 is 0. The van der Waals surface area contributed by atoms with E-state index in [4.69, 9.17) is 4.74 Å². The number of benzene rings is 1. The van der Waals surface area contributed by atoms with Crippen molar-refractivity contribution in [2.75, 3.05) is 6.61 Å². The quantitative estimate of drug-likeness (QED) is 0.732. The van der Waals surface area contributed by atoms with E-state index in [-0.39, 0.29) is 23.3 Å². The van der Waals surface area contributed by atoms with Gasteiger partial charge in [-0.2, -0.15) is 9.67 Å². The highest BCUT2D eigenvalue weighted by Crippen LogP contribution is 2.23. The minimum atomic E-state index is -0.444. The highest BCUT2D eigenvalue weighted by Gasteiger charge is 2.20. The maximum atomic E-state index is 14.0. The Morgan fingerprint density at radius 1 is 1.27 bits per heavy atom. The molecule has 0 bridgehead atoms. The minimum absolute atomic E-state index is 0.108. The van der Waals surface area contributed by atoms with E-state index in [0.29, 0.717) is 19.4 Å². The number of carbonyl (C=O) groups is 1. The van der Waals surface area contributed by atoms with Crippen molar-refractivity contribution in [3.05, 3.63) is 30.1 Å². The molecule has 0 radical (unpaired) electrons. The summed E-state index contributed by atoms with van der Waals surface area (Å²) in [4.78, 5) is 16.4. The lowest BCUT2D eigenvalue weighted by atomic mass is 10.2. The van der Waals surface area contributed by atoms with Gasteiger partial charge in [0.05, 0.1) is 12.2 Å². The number of ether oxygens (including phenoxy) is 1. The molecule has 2 rings (SSSR count). The number of rotatable bonds is 7. The fourth-order valence-corrected chi connectivity index (χ4v) is 1.97. The highest BCUT2D eigenvalue weighted by atomic mass is 19.1. The molecule has 1 aromatic heterocycles. The van der Waals surface area contributed by atoms with E-state index in [1.54, 1.807) is 18.2 Å². The van der Waals surface area contributed by atoms with Crippen LogP contribution in [0.1, 0.15) is 44.3 Å². The molecule has 6 heteroatoms. The van der Waals surface area contributed by atoms with Crippen LogP contribution in [0.3, 0.4) is 0 Å². The van der Waals surface area contributed by atoms with Crippen molar-refractivity contribution in [2.45, 2.75) is 39.5 Å². The van der Waals surface area contributed by atoms with E-state index in [1.807, 2.05) is 13.8 Å². The van der Waals surface area contributed by atoms with E-state index in [1.165, 1.54) is 6.07 Å². The summed E-state index contributed by atoms with van der Waals surface area (Å²) in [6.45, 7) is 4.42. The molecule has 0 saturated heterocycles. The predicted octanol–water partition coefficient (Wildman–Crippen LogP) is 3.70. The molecule has 0 spiro atoms. The van der Waals surface area contributed by atoms with Gasteiger partial charge in [-0.3, -0.25) is 4.79 Å². The van der Waals surface area contributed by atoms with Crippen LogP contribution in [0.25, 0.3) is 11.4 Å². The second-order valence-electron chi connectivity index (χ2n) is 4.96. The molecule has 0 atom stereocenters. The zero-order chi connectivity index (χ0) is 15.9. The molecule has 22 heavy (non-hydrogen) atoms. The van der Waals surface area contributed by atoms with Crippen LogP contribution in [0, 0.1) is 5.82 Å². The van der Waals surface area contributed by atoms with E-state index < -0.39 is 5.82 Å². The number of carbonyl (C=O) groups excluding carboxylic acids is 1. The van der Waals surface area contributed by atoms with Gasteiger partial charge in [0.25, 0.3) is 0 Å². The Morgan fingerprint density at radius 2 is 2.05 bits per heavy atom. The van der Waals surface area contributed by atoms with Crippen LogP contribution in [0.15, 0.2) is 24.3 Å². The number of unbranched alkanes of at least 4 members (excludes halogenated alkanes) is 1. The van der Waals surface area contributed by atoms with E-state index in [0.717, 1.165) is 17.5 Å². The SMILES string of the molecule is CCCCOc1nc(-c2ccccc2F)n(C(=O)CCC)n1. The molecule has 0 unspecified atom stereocenters. The zero-order valence-electron chi connectivity index (χ0n) is 12.9. The lowest BCUT2D eigenvalue weighted by Crippen LogP contribution is -2.14. The summed E-state index contributed by atoms with van der Waals surface area (Å²) in [6.07, 6.45) is 2.85. The first kappa shape index (κ1) is 16.1. The predicted molar refractivity (Wildman–Crippen MR) is 81.4 cm³/mol. The van der Waals surface area contributed by atoms with Gasteiger partial charge >= 0.3 is 6.01 Å². The van der Waals surface area contributed by atoms with Gasteiger partial charge in [0, 0.05) is 6.42 Å². The molecule has 0 aliphatic carbocycles. The van der Waals surface area contributed by atoms with E-state index in [9.17, 15) is 9.18 Å². The Hall–Kier alpha value is -2.24. The summed E-state index contributed by atoms with van der Waals surface area (Å²) in [5, 5.41) is 4.09. The molecule has 0 saturated carbocycles. The number of aromatic nitrogens is 3. The first-order chi connectivity index (χ1) is 10.7. The van der Waals surface area contributed by atoms with Crippen LogP contribution in [-0.2, 0) is 0 Å². The summed E-state index contributed by atoms with van der Waals surface area (Å²) in [5.74, 6) is -0.484. The molecule has 0 aliphatic rings. The molecule has 0 N–H and O–H groups in total. The van der Waals surface area contributed by atoms with Crippen molar-refractivity contribution in [1.82, 2.24) is 14.8 Å². The van der Waals surface area contributed by atoms with Crippen molar-refractivity contribution in [2.24, 2.45) is 0 Å². The second kappa shape index (κ2) is 7.68. The zero-order valence-corrected chi connectivity index (χ0v) is 12.9. The molecule has 0 aliphatic heterocycles. The van der Waals surface area contributed by atoms with Gasteiger partial charge < -0.3 is 4.74 Å². The third-order valence-electron chi connectivity index (χ3n) is 3.13. The lowest BCUT2D eigenvalue weighted by molar-refractivity contribution is 0.0885. The van der Waals surface area contributed by atoms with Crippen LogP contribution in [0.2, 0.25) is 0 Å². The molecule has 118 valence electrons. The average molecular weight is 305 g/mol. The average Bonchev–Trinajstić information content (AvgIpc) is 2.92. The van der Waals surface area contributed by atoms with Gasteiger partial charge in [0.2, 0.25) is 5.91 Å². The lowest BCUT2D eigenvalue weighted by Gasteiger charge is -2.04. The van der Waals surface area contributed by atoms with Crippen molar-refractivity contribution in [3.8, 4) is 17.4 Å². The Labute approximate surface area is 129 Å². The van der Waals surface area contributed by atoms with Crippen molar-refractivity contribution >= 4 is 5.91 Å². The van der Waals surface area contributed by atoms with Crippen LogP contribution in [0.4, 0.5) is 4.39 Å². The standard InChI is InChI=1S/C16H20FN3O2/c1-3-5-11-22-16-18-15(12-9-6-7-10-13(12)17)20(19-16)14(21)8-4-2/h6-7,9-10H,3-5,8,11H2,1-2H3. The Balaban J connectivity index is 2.37. The topological polar surface area (TPSA) is 57.0 Å². The van der Waals surface area contributed by atoms with Crippen LogP contribution >= 0.6 is 0 Å². The van der Waals surface area contributed by atoms with Gasteiger partial charge in [-0.25, -0.2) is 4.39 Å². The fourth-order valence-electron chi connectivity index (χ4n) is 1.97. The fraction of sp³-hybridized carbons (Fsp3) is 0.438. The number of halogens is 1. The van der Waals surface area contributed by atoms with Crippen molar-refractivity contribution in [3.63, 3.8) is 0 Å². The smallest absolute Gasteiger partial charge is 0.336 e. The van der Waals surface area contributed by atoms with Crippen LogP contribution < -0.4 is 4.74 Å². The summed E-state index contributed by atoms with van der Waals surface area (Å²) in [5.41, 5.74) is 0.241. The normalized spacial score (nSPS) is 10.7. The maximum absolute atomic E-state index is 14.0. The monoisotopic (exact) mass is 305 g/mol. The minimum Gasteiger partial charge on any atom is -0.462 e. The summed E-state index contributed by atoms with van der Waals surface area (Å²) in [7, 11) is 0. The Kier molecular flexibility index (Phi) is 5.63. The second-order valence-corrected chi connectivity index (χ2v) is 4.96. The van der Waals surface area contributed by atoms with Crippen molar-refractivity contribution < 1.29 is 13.9 Å². The Bertz CT molecular complexity index is 640. The molecule has 0 amide bonds. The molecule has 1 heterocycles.